The summed E-state index contributed by atoms with van der Waals surface area (Å²) in [5.41, 5.74) is 10.4. The third kappa shape index (κ3) is 3.34. The minimum absolute atomic E-state index is 1.01. The first-order chi connectivity index (χ1) is 26.3. The summed E-state index contributed by atoms with van der Waals surface area (Å²) in [6.07, 6.45) is 2.13. The predicted octanol–water partition coefficient (Wildman–Crippen LogP) is 13.2. The molecule has 8 aromatic carbocycles. The predicted molar refractivity (Wildman–Crippen MR) is 223 cm³/mol. The van der Waals surface area contributed by atoms with Gasteiger partial charge < -0.3 is 9.30 Å². The Kier molecular flexibility index (Phi) is 5.08. The molecule has 0 spiro atoms. The maximum absolute atomic E-state index is 5.42. The van der Waals surface area contributed by atoms with E-state index in [0.29, 0.717) is 0 Å². The normalized spacial score (nSPS) is 12.5. The second-order valence-corrected chi connectivity index (χ2v) is 14.3. The van der Waals surface area contributed by atoms with Gasteiger partial charge in [-0.05, 0) is 58.6 Å². The molecule has 0 aliphatic heterocycles. The molecule has 4 nitrogen and oxygen atoms in total. The van der Waals surface area contributed by atoms with Crippen LogP contribution in [0, 0.1) is 0 Å². The van der Waals surface area contributed by atoms with E-state index in [0.717, 1.165) is 28.2 Å². The highest BCUT2D eigenvalue weighted by Crippen LogP contribution is 2.51. The molecule has 13 rings (SSSR count). The van der Waals surface area contributed by atoms with Crippen LogP contribution in [0.25, 0.3) is 97.9 Å². The van der Waals surface area contributed by atoms with Gasteiger partial charge in [0.05, 0.1) is 39.5 Å². The Balaban J connectivity index is 1.28. The van der Waals surface area contributed by atoms with Crippen LogP contribution in [0.4, 0.5) is 17.1 Å². The number of aromatic nitrogens is 3. The second-order valence-electron chi connectivity index (χ2n) is 14.3. The zero-order valence-corrected chi connectivity index (χ0v) is 28.5. The first kappa shape index (κ1) is 27.5. The molecule has 0 fully saturated rings. The van der Waals surface area contributed by atoms with E-state index in [1.807, 2.05) is 0 Å². The van der Waals surface area contributed by atoms with E-state index in [-0.39, 0.29) is 0 Å². The number of para-hydroxylation sites is 4. The Labute approximate surface area is 302 Å². The minimum atomic E-state index is 1.01. The number of nitrogens with zero attached hydrogens (tertiary/aromatic N) is 4. The Hall–Kier alpha value is -7.17. The topological polar surface area (TPSA) is 24.9 Å². The van der Waals surface area contributed by atoms with Crippen molar-refractivity contribution in [2.24, 2.45) is 0 Å². The summed E-state index contributed by atoms with van der Waals surface area (Å²) in [4.78, 5) is 7.86. The fourth-order valence-electron chi connectivity index (χ4n) is 9.70. The zero-order chi connectivity index (χ0) is 34.4. The molecule has 0 N–H and O–H groups in total. The van der Waals surface area contributed by atoms with E-state index in [2.05, 4.69) is 184 Å². The van der Waals surface area contributed by atoms with E-state index in [4.69, 9.17) is 4.98 Å². The van der Waals surface area contributed by atoms with Gasteiger partial charge in [-0.15, -0.1) is 0 Å². The number of hydrogen-bond acceptors (Lipinski definition) is 2. The van der Waals surface area contributed by atoms with Crippen molar-refractivity contribution in [1.29, 1.82) is 0 Å². The molecular weight excluding hydrogens is 645 g/mol. The zero-order valence-electron chi connectivity index (χ0n) is 28.5. The summed E-state index contributed by atoms with van der Waals surface area (Å²) in [7, 11) is 0. The van der Waals surface area contributed by atoms with Crippen molar-refractivity contribution in [2.45, 2.75) is 0 Å². The Bertz CT molecular complexity index is 3580. The number of anilines is 3. The lowest BCUT2D eigenvalue weighted by molar-refractivity contribution is 1.25. The van der Waals surface area contributed by atoms with E-state index in [9.17, 15) is 0 Å². The van der Waals surface area contributed by atoms with E-state index in [1.165, 1.54) is 86.7 Å². The second kappa shape index (κ2) is 9.78. The van der Waals surface area contributed by atoms with Crippen LogP contribution in [0.15, 0.2) is 170 Å². The van der Waals surface area contributed by atoms with Crippen LogP contribution in [0.1, 0.15) is 0 Å². The van der Waals surface area contributed by atoms with Gasteiger partial charge in [0.1, 0.15) is 5.65 Å². The number of hydrogen-bond donors (Lipinski definition) is 0. The van der Waals surface area contributed by atoms with Crippen molar-refractivity contribution < 1.29 is 0 Å². The highest BCUT2D eigenvalue weighted by atomic mass is 15.2. The first-order valence-corrected chi connectivity index (χ1v) is 18.2. The smallest absolute Gasteiger partial charge is 0.146 e. The third-order valence-corrected chi connectivity index (χ3v) is 11.7. The quantitative estimate of drug-likeness (QED) is 0.187. The van der Waals surface area contributed by atoms with Gasteiger partial charge in [0.2, 0.25) is 0 Å². The standard InChI is InChI=1S/C49H28N4/c1-3-16-31(17-4-1)51(32-18-5-2-6-19-32)47-34-21-10-8-15-30(34)26-38-35-23-13-24-37-43-41(52(45(35)37)48(38)47)28-50-49-44(43)39-27-29-14-7-9-20-33(29)42-36-22-11-12-25-40(36)53(49)46(39)42/h1-28H. The number of rotatable bonds is 3. The lowest BCUT2D eigenvalue weighted by Crippen LogP contribution is -2.11. The minimum Gasteiger partial charge on any atom is -0.308 e. The van der Waals surface area contributed by atoms with Gasteiger partial charge in [-0.2, -0.15) is 0 Å². The average Bonchev–Trinajstić information content (AvgIpc) is 3.94. The van der Waals surface area contributed by atoms with Crippen molar-refractivity contribution >= 4 is 115 Å². The number of benzene rings is 8. The van der Waals surface area contributed by atoms with Crippen molar-refractivity contribution in [1.82, 2.24) is 13.8 Å². The molecule has 5 aromatic heterocycles. The fraction of sp³-hybridized carbons (Fsp3) is 0. The first-order valence-electron chi connectivity index (χ1n) is 18.2. The number of fused-ring (bicyclic) bond motifs is 16. The highest BCUT2D eigenvalue weighted by molar-refractivity contribution is 6.38. The largest absolute Gasteiger partial charge is 0.308 e. The molecule has 5 heterocycles. The van der Waals surface area contributed by atoms with Crippen molar-refractivity contribution in [3.8, 4) is 0 Å². The molecule has 0 atom stereocenters. The molecule has 0 bridgehead atoms. The number of pyridine rings is 1. The Morgan fingerprint density at radius 3 is 1.75 bits per heavy atom. The van der Waals surface area contributed by atoms with Gasteiger partial charge >= 0.3 is 0 Å². The molecule has 0 saturated heterocycles. The maximum atomic E-state index is 5.42. The summed E-state index contributed by atoms with van der Waals surface area (Å²) in [6, 6.07) is 59.7. The average molecular weight is 673 g/mol. The van der Waals surface area contributed by atoms with Gasteiger partial charge in [0.15, 0.2) is 0 Å². The molecule has 0 unspecified atom stereocenters. The van der Waals surface area contributed by atoms with Crippen LogP contribution < -0.4 is 4.90 Å². The van der Waals surface area contributed by atoms with Crippen LogP contribution in [-0.4, -0.2) is 13.8 Å². The molecule has 244 valence electrons. The van der Waals surface area contributed by atoms with E-state index in [1.54, 1.807) is 0 Å². The Morgan fingerprint density at radius 2 is 0.981 bits per heavy atom. The van der Waals surface area contributed by atoms with E-state index >= 15 is 0 Å². The molecule has 0 aliphatic rings. The fourth-order valence-corrected chi connectivity index (χ4v) is 9.70. The maximum Gasteiger partial charge on any atom is 0.146 e. The van der Waals surface area contributed by atoms with E-state index < -0.39 is 0 Å². The van der Waals surface area contributed by atoms with Crippen molar-refractivity contribution in [3.63, 3.8) is 0 Å². The molecule has 0 radical (unpaired) electrons. The molecule has 0 saturated carbocycles. The van der Waals surface area contributed by atoms with Crippen LogP contribution in [0.2, 0.25) is 0 Å². The lowest BCUT2D eigenvalue weighted by Gasteiger charge is -2.28. The summed E-state index contributed by atoms with van der Waals surface area (Å²) in [5, 5.41) is 15.0. The van der Waals surface area contributed by atoms with Gasteiger partial charge in [0.25, 0.3) is 0 Å². The molecular formula is C49H28N4. The third-order valence-electron chi connectivity index (χ3n) is 11.7. The molecule has 13 aromatic rings. The monoisotopic (exact) mass is 672 g/mol. The molecule has 53 heavy (non-hydrogen) atoms. The summed E-state index contributed by atoms with van der Waals surface area (Å²) in [6.45, 7) is 0. The summed E-state index contributed by atoms with van der Waals surface area (Å²) in [5.74, 6) is 0. The van der Waals surface area contributed by atoms with Crippen LogP contribution in [0.3, 0.4) is 0 Å². The molecule has 0 aliphatic carbocycles. The van der Waals surface area contributed by atoms with Gasteiger partial charge in [0, 0.05) is 59.9 Å². The van der Waals surface area contributed by atoms with Crippen molar-refractivity contribution in [3.05, 3.63) is 170 Å². The Morgan fingerprint density at radius 1 is 0.377 bits per heavy atom. The van der Waals surface area contributed by atoms with Crippen LogP contribution in [-0.2, 0) is 0 Å². The summed E-state index contributed by atoms with van der Waals surface area (Å²) < 4.78 is 4.94. The molecule has 4 heteroatoms. The van der Waals surface area contributed by atoms with Crippen LogP contribution in [0.5, 0.6) is 0 Å². The van der Waals surface area contributed by atoms with Gasteiger partial charge in [-0.1, -0.05) is 121 Å². The van der Waals surface area contributed by atoms with Crippen LogP contribution >= 0.6 is 0 Å². The van der Waals surface area contributed by atoms with Gasteiger partial charge in [-0.3, -0.25) is 4.40 Å². The summed E-state index contributed by atoms with van der Waals surface area (Å²) >= 11 is 0. The lowest BCUT2D eigenvalue weighted by atomic mass is 9.98. The van der Waals surface area contributed by atoms with Gasteiger partial charge in [-0.25, -0.2) is 4.98 Å². The highest BCUT2D eigenvalue weighted by Gasteiger charge is 2.28. The SMILES string of the molecule is c1ccc(N(c2ccccc2)c2c3ccccc3cc3c4cccc5c6c7c8cc9ccccc9c9c%10ccccc%10n(c7ncc6n(c23)c45)c89)cc1. The van der Waals surface area contributed by atoms with Crippen molar-refractivity contribution in [2.75, 3.05) is 4.90 Å². The molecule has 0 amide bonds.